The molecule has 2 heterocycles. The van der Waals surface area contributed by atoms with Crippen LogP contribution in [-0.2, 0) is 0 Å². The van der Waals surface area contributed by atoms with Crippen molar-refractivity contribution in [3.8, 4) is 0 Å². The van der Waals surface area contributed by atoms with E-state index < -0.39 is 4.92 Å². The van der Waals surface area contributed by atoms with Gasteiger partial charge in [-0.25, -0.2) is 0 Å². The number of nitro groups is 1. The lowest BCUT2D eigenvalue weighted by Crippen LogP contribution is -2.25. The molecular weight excluding hydrogens is 280 g/mol. The van der Waals surface area contributed by atoms with E-state index in [1.807, 2.05) is 0 Å². The summed E-state index contributed by atoms with van der Waals surface area (Å²) in [5.41, 5.74) is 0. The molecule has 2 aromatic heterocycles. The van der Waals surface area contributed by atoms with Gasteiger partial charge >= 0.3 is 5.82 Å². The van der Waals surface area contributed by atoms with E-state index in [0.717, 1.165) is 25.7 Å². The molecular formula is C12H16N4O3S. The van der Waals surface area contributed by atoms with Gasteiger partial charge in [-0.3, -0.25) is 0 Å². The van der Waals surface area contributed by atoms with E-state index in [0.29, 0.717) is 16.7 Å². The van der Waals surface area contributed by atoms with Crippen LogP contribution in [0.25, 0.3) is 4.96 Å². The molecule has 20 heavy (non-hydrogen) atoms. The minimum Gasteiger partial charge on any atom is -0.396 e. The van der Waals surface area contributed by atoms with Crippen LogP contribution in [0, 0.1) is 16.0 Å². The van der Waals surface area contributed by atoms with Crippen molar-refractivity contribution in [3.05, 3.63) is 21.7 Å². The largest absolute Gasteiger partial charge is 0.396 e. The molecule has 0 bridgehead atoms. The van der Waals surface area contributed by atoms with Crippen LogP contribution in [0.3, 0.4) is 0 Å². The van der Waals surface area contributed by atoms with Gasteiger partial charge in [0, 0.05) is 18.0 Å². The fourth-order valence-corrected chi connectivity index (χ4v) is 3.67. The molecule has 0 aliphatic heterocycles. The Bertz CT molecular complexity index is 623. The molecule has 1 aliphatic rings. The summed E-state index contributed by atoms with van der Waals surface area (Å²) in [5.74, 6) is 0.701. The van der Waals surface area contributed by atoms with Crippen LogP contribution >= 0.6 is 11.3 Å². The van der Waals surface area contributed by atoms with Crippen molar-refractivity contribution in [2.24, 2.45) is 5.92 Å². The number of nitrogens with zero attached hydrogens (tertiary/aromatic N) is 3. The van der Waals surface area contributed by atoms with E-state index in [-0.39, 0.29) is 18.5 Å². The van der Waals surface area contributed by atoms with Gasteiger partial charge in [-0.05, 0) is 30.1 Å². The van der Waals surface area contributed by atoms with E-state index in [2.05, 4.69) is 10.3 Å². The fourth-order valence-electron chi connectivity index (χ4n) is 2.96. The lowest BCUT2D eigenvalue weighted by atomic mass is 10.0. The monoisotopic (exact) mass is 296 g/mol. The SMILES string of the molecule is O=[N+]([O-])c1c(NC2CCCC2CCO)nc2sccn12. The Kier molecular flexibility index (Phi) is 3.58. The minimum absolute atomic E-state index is 0.00380. The summed E-state index contributed by atoms with van der Waals surface area (Å²) < 4.78 is 1.50. The molecule has 0 spiro atoms. The first kappa shape index (κ1) is 13.3. The van der Waals surface area contributed by atoms with Gasteiger partial charge in [-0.15, -0.1) is 0 Å². The number of imidazole rings is 1. The molecule has 1 fully saturated rings. The highest BCUT2D eigenvalue weighted by Gasteiger charge is 2.31. The third-order valence-electron chi connectivity index (χ3n) is 3.89. The summed E-state index contributed by atoms with van der Waals surface area (Å²) in [6.07, 6.45) is 5.49. The summed E-state index contributed by atoms with van der Waals surface area (Å²) in [6.45, 7) is 0.156. The van der Waals surface area contributed by atoms with Crippen LogP contribution in [-0.4, -0.2) is 32.1 Å². The van der Waals surface area contributed by atoms with E-state index in [1.165, 1.54) is 15.7 Å². The average molecular weight is 296 g/mol. The minimum atomic E-state index is -0.398. The molecule has 1 saturated carbocycles. The van der Waals surface area contributed by atoms with Crippen molar-refractivity contribution in [2.45, 2.75) is 31.7 Å². The van der Waals surface area contributed by atoms with Gasteiger partial charge in [-0.2, -0.15) is 9.38 Å². The van der Waals surface area contributed by atoms with Crippen LogP contribution < -0.4 is 5.32 Å². The number of thiazole rings is 1. The van der Waals surface area contributed by atoms with Crippen LogP contribution in [0.15, 0.2) is 11.6 Å². The molecule has 8 heteroatoms. The quantitative estimate of drug-likeness (QED) is 0.652. The van der Waals surface area contributed by atoms with Gasteiger partial charge in [0.1, 0.15) is 6.20 Å². The van der Waals surface area contributed by atoms with Crippen molar-refractivity contribution >= 4 is 27.9 Å². The van der Waals surface area contributed by atoms with Gasteiger partial charge in [0.15, 0.2) is 0 Å². The summed E-state index contributed by atoms with van der Waals surface area (Å²) in [7, 11) is 0. The first-order chi connectivity index (χ1) is 9.70. The number of aromatic nitrogens is 2. The maximum atomic E-state index is 11.2. The number of rotatable bonds is 5. The Hall–Kier alpha value is -1.67. The number of fused-ring (bicyclic) bond motifs is 1. The Morgan fingerprint density at radius 1 is 1.60 bits per heavy atom. The predicted molar refractivity (Wildman–Crippen MR) is 76.2 cm³/mol. The van der Waals surface area contributed by atoms with Gasteiger partial charge in [0.2, 0.25) is 5.82 Å². The summed E-state index contributed by atoms with van der Waals surface area (Å²) in [5, 5.41) is 25.3. The van der Waals surface area contributed by atoms with Gasteiger partial charge in [0.25, 0.3) is 4.96 Å². The highest BCUT2D eigenvalue weighted by molar-refractivity contribution is 7.15. The summed E-state index contributed by atoms with van der Waals surface area (Å²) in [4.78, 5) is 15.8. The average Bonchev–Trinajstić information content (AvgIpc) is 3.06. The molecule has 1 aliphatic carbocycles. The Balaban J connectivity index is 1.88. The van der Waals surface area contributed by atoms with Gasteiger partial charge in [0.05, 0.1) is 0 Å². The zero-order chi connectivity index (χ0) is 14.1. The molecule has 2 aromatic rings. The molecule has 108 valence electrons. The number of aliphatic hydroxyl groups excluding tert-OH is 1. The molecule has 2 unspecified atom stereocenters. The molecule has 3 rings (SSSR count). The standard InChI is InChI=1S/C12H16N4O3S/c17-6-4-8-2-1-3-9(8)13-10-11(16(18)19)15-5-7-20-12(15)14-10/h5,7-9,13,17H,1-4,6H2. The van der Waals surface area contributed by atoms with Crippen molar-refractivity contribution in [2.75, 3.05) is 11.9 Å². The summed E-state index contributed by atoms with van der Waals surface area (Å²) in [6, 6.07) is 0.158. The number of aliphatic hydroxyl groups is 1. The molecule has 0 radical (unpaired) electrons. The van der Waals surface area contributed by atoms with Crippen molar-refractivity contribution < 1.29 is 10.0 Å². The highest BCUT2D eigenvalue weighted by Crippen LogP contribution is 2.34. The zero-order valence-corrected chi connectivity index (χ0v) is 11.7. The van der Waals surface area contributed by atoms with Crippen LogP contribution in [0.2, 0.25) is 0 Å². The van der Waals surface area contributed by atoms with E-state index >= 15 is 0 Å². The topological polar surface area (TPSA) is 92.7 Å². The third-order valence-corrected chi connectivity index (χ3v) is 4.65. The van der Waals surface area contributed by atoms with Crippen molar-refractivity contribution in [1.82, 2.24) is 9.38 Å². The van der Waals surface area contributed by atoms with Crippen molar-refractivity contribution in [1.29, 1.82) is 0 Å². The second kappa shape index (κ2) is 5.37. The molecule has 2 N–H and O–H groups in total. The van der Waals surface area contributed by atoms with Gasteiger partial charge in [-0.1, -0.05) is 17.8 Å². The lowest BCUT2D eigenvalue weighted by molar-refractivity contribution is -0.389. The second-order valence-electron chi connectivity index (χ2n) is 5.05. The van der Waals surface area contributed by atoms with Gasteiger partial charge < -0.3 is 20.5 Å². The van der Waals surface area contributed by atoms with Crippen LogP contribution in [0.5, 0.6) is 0 Å². The van der Waals surface area contributed by atoms with Crippen LogP contribution in [0.1, 0.15) is 25.7 Å². The first-order valence-electron chi connectivity index (χ1n) is 6.68. The Morgan fingerprint density at radius 3 is 3.20 bits per heavy atom. The van der Waals surface area contributed by atoms with Crippen molar-refractivity contribution in [3.63, 3.8) is 0 Å². The molecule has 0 aromatic carbocycles. The maximum absolute atomic E-state index is 11.2. The molecule has 2 atom stereocenters. The smallest absolute Gasteiger partial charge is 0.372 e. The summed E-state index contributed by atoms with van der Waals surface area (Å²) >= 11 is 1.38. The Morgan fingerprint density at radius 2 is 2.45 bits per heavy atom. The van der Waals surface area contributed by atoms with E-state index in [1.54, 1.807) is 11.6 Å². The molecule has 7 nitrogen and oxygen atoms in total. The molecule has 0 amide bonds. The third kappa shape index (κ3) is 2.25. The first-order valence-corrected chi connectivity index (χ1v) is 7.56. The number of hydrogen-bond donors (Lipinski definition) is 2. The molecule has 0 saturated heterocycles. The lowest BCUT2D eigenvalue weighted by Gasteiger charge is -2.19. The number of hydrogen-bond acceptors (Lipinski definition) is 6. The van der Waals surface area contributed by atoms with E-state index in [9.17, 15) is 10.1 Å². The fraction of sp³-hybridized carbons (Fsp3) is 0.583. The predicted octanol–water partition coefficient (Wildman–Crippen LogP) is 2.27. The van der Waals surface area contributed by atoms with E-state index in [4.69, 9.17) is 5.11 Å². The normalized spacial score (nSPS) is 22.4. The Labute approximate surface area is 119 Å². The number of anilines is 1. The second-order valence-corrected chi connectivity index (χ2v) is 5.92. The maximum Gasteiger partial charge on any atom is 0.372 e. The number of nitrogens with one attached hydrogen (secondary N) is 1. The van der Waals surface area contributed by atoms with Crippen LogP contribution in [0.4, 0.5) is 11.6 Å². The highest BCUT2D eigenvalue weighted by atomic mass is 32.1. The zero-order valence-electron chi connectivity index (χ0n) is 10.9.